The summed E-state index contributed by atoms with van der Waals surface area (Å²) >= 11 is 2.45. The fourth-order valence-electron chi connectivity index (χ4n) is 2.99. The van der Waals surface area contributed by atoms with Gasteiger partial charge in [0.05, 0.1) is 25.4 Å². The van der Waals surface area contributed by atoms with E-state index in [9.17, 15) is 22.8 Å². The molecule has 0 saturated carbocycles. The van der Waals surface area contributed by atoms with Gasteiger partial charge in [0.25, 0.3) is 5.91 Å². The summed E-state index contributed by atoms with van der Waals surface area (Å²) in [4.78, 5) is 31.0. The van der Waals surface area contributed by atoms with E-state index in [1.165, 1.54) is 11.3 Å². The molecule has 1 aliphatic rings. The van der Waals surface area contributed by atoms with Crippen molar-refractivity contribution in [2.75, 3.05) is 43.5 Å². The van der Waals surface area contributed by atoms with Gasteiger partial charge in [0, 0.05) is 30.2 Å². The summed E-state index contributed by atoms with van der Waals surface area (Å²) in [6.45, 7) is 1.91. The minimum absolute atomic E-state index is 0.0119. The Bertz CT molecular complexity index is 1150. The molecule has 1 aromatic carbocycles. The van der Waals surface area contributed by atoms with Crippen molar-refractivity contribution < 1.29 is 32.2 Å². The fraction of sp³-hybridized carbons (Fsp3) is 0.316. The quantitative estimate of drug-likeness (QED) is 0.494. The van der Waals surface area contributed by atoms with Gasteiger partial charge in [-0.1, -0.05) is 11.3 Å². The second kappa shape index (κ2) is 10.4. The molecule has 1 aliphatic heterocycles. The van der Waals surface area contributed by atoms with Crippen molar-refractivity contribution in [1.82, 2.24) is 20.1 Å². The molecule has 34 heavy (non-hydrogen) atoms. The number of halogens is 3. The van der Waals surface area contributed by atoms with Gasteiger partial charge in [-0.3, -0.25) is 19.8 Å². The Kier molecular flexibility index (Phi) is 7.35. The lowest BCUT2D eigenvalue weighted by Crippen LogP contribution is -2.41. The first kappa shape index (κ1) is 24.0. The number of benzene rings is 1. The molecule has 15 heteroatoms. The molecule has 180 valence electrons. The SMILES string of the molecule is O=C(CN1CCOCC1)Nc1cc(C(=O)Nc2nnc(-c3nccs3)s2)ccc1OC(F)(F)F. The molecule has 3 aromatic rings. The standard InChI is InChI=1S/C19H17F3N6O4S2/c20-19(21,22)32-13-2-1-11(9-12(13)24-14(29)10-28-4-6-31-7-5-28)15(30)25-18-27-26-17(34-18)16-23-3-8-33-16/h1-3,8-9H,4-7,10H2,(H,24,29)(H,25,27,30). The molecule has 2 aromatic heterocycles. The first-order chi connectivity index (χ1) is 16.3. The number of carbonyl (C=O) groups is 2. The Balaban J connectivity index is 1.49. The van der Waals surface area contributed by atoms with Crippen LogP contribution in [0, 0.1) is 0 Å². The van der Waals surface area contributed by atoms with Crippen LogP contribution in [0.25, 0.3) is 10.0 Å². The molecular formula is C19H17F3N6O4S2. The average Bonchev–Trinajstić information content (AvgIpc) is 3.46. The van der Waals surface area contributed by atoms with Gasteiger partial charge in [-0.05, 0) is 18.2 Å². The molecular weight excluding hydrogens is 497 g/mol. The van der Waals surface area contributed by atoms with E-state index in [2.05, 4.69) is 30.6 Å². The van der Waals surface area contributed by atoms with Crippen molar-refractivity contribution in [2.45, 2.75) is 6.36 Å². The van der Waals surface area contributed by atoms with Gasteiger partial charge in [0.15, 0.2) is 15.8 Å². The number of nitrogens with zero attached hydrogens (tertiary/aromatic N) is 4. The molecule has 10 nitrogen and oxygen atoms in total. The van der Waals surface area contributed by atoms with Gasteiger partial charge in [0.1, 0.15) is 0 Å². The van der Waals surface area contributed by atoms with Gasteiger partial charge in [-0.2, -0.15) is 0 Å². The number of hydrogen-bond acceptors (Lipinski definition) is 10. The molecule has 2 N–H and O–H groups in total. The van der Waals surface area contributed by atoms with E-state index in [1.807, 2.05) is 0 Å². The lowest BCUT2D eigenvalue weighted by atomic mass is 10.1. The van der Waals surface area contributed by atoms with E-state index in [0.29, 0.717) is 36.3 Å². The van der Waals surface area contributed by atoms with Crippen molar-refractivity contribution in [3.05, 3.63) is 35.3 Å². The third-order valence-electron chi connectivity index (χ3n) is 4.47. The Morgan fingerprint density at radius 1 is 1.15 bits per heavy atom. The normalized spacial score (nSPS) is 14.6. The number of nitrogens with one attached hydrogen (secondary N) is 2. The van der Waals surface area contributed by atoms with Gasteiger partial charge in [0.2, 0.25) is 11.0 Å². The molecule has 0 unspecified atom stereocenters. The number of ether oxygens (including phenoxy) is 2. The zero-order chi connectivity index (χ0) is 24.1. The third-order valence-corrected chi connectivity index (χ3v) is 6.23. The largest absolute Gasteiger partial charge is 0.573 e. The Hall–Kier alpha value is -3.14. The van der Waals surface area contributed by atoms with Crippen LogP contribution in [0.3, 0.4) is 0 Å². The lowest BCUT2D eigenvalue weighted by Gasteiger charge is -2.26. The third kappa shape index (κ3) is 6.47. The van der Waals surface area contributed by atoms with E-state index < -0.39 is 23.9 Å². The molecule has 4 rings (SSSR count). The summed E-state index contributed by atoms with van der Waals surface area (Å²) in [5.74, 6) is -1.84. The van der Waals surface area contributed by atoms with Crippen molar-refractivity contribution in [3.8, 4) is 15.8 Å². The number of alkyl halides is 3. The second-order valence-corrected chi connectivity index (χ2v) is 8.77. The Morgan fingerprint density at radius 2 is 1.94 bits per heavy atom. The van der Waals surface area contributed by atoms with Crippen LogP contribution in [-0.2, 0) is 9.53 Å². The maximum atomic E-state index is 12.8. The van der Waals surface area contributed by atoms with Crippen LogP contribution < -0.4 is 15.4 Å². The smallest absolute Gasteiger partial charge is 0.404 e. The van der Waals surface area contributed by atoms with Crippen LogP contribution in [0.2, 0.25) is 0 Å². The van der Waals surface area contributed by atoms with Crippen molar-refractivity contribution in [1.29, 1.82) is 0 Å². The summed E-state index contributed by atoms with van der Waals surface area (Å²) in [5, 5.41) is 15.9. The van der Waals surface area contributed by atoms with E-state index in [4.69, 9.17) is 4.74 Å². The van der Waals surface area contributed by atoms with Crippen molar-refractivity contribution >= 4 is 45.3 Å². The van der Waals surface area contributed by atoms with Crippen LogP contribution in [0.1, 0.15) is 10.4 Å². The minimum Gasteiger partial charge on any atom is -0.404 e. The van der Waals surface area contributed by atoms with Gasteiger partial charge in [-0.25, -0.2) is 4.98 Å². The monoisotopic (exact) mass is 514 g/mol. The summed E-state index contributed by atoms with van der Waals surface area (Å²) in [5.41, 5.74) is -0.300. The van der Waals surface area contributed by atoms with E-state index >= 15 is 0 Å². The van der Waals surface area contributed by atoms with E-state index in [1.54, 1.807) is 16.5 Å². The molecule has 3 heterocycles. The van der Waals surface area contributed by atoms with Crippen LogP contribution >= 0.6 is 22.7 Å². The first-order valence-corrected chi connectivity index (χ1v) is 11.5. The van der Waals surface area contributed by atoms with Crippen LogP contribution in [-0.4, -0.2) is 71.1 Å². The number of amides is 2. The lowest BCUT2D eigenvalue weighted by molar-refractivity contribution is -0.274. The highest BCUT2D eigenvalue weighted by molar-refractivity contribution is 7.22. The van der Waals surface area contributed by atoms with Gasteiger partial charge < -0.3 is 14.8 Å². The predicted octanol–water partition coefficient (Wildman–Crippen LogP) is 3.08. The summed E-state index contributed by atoms with van der Waals surface area (Å²) < 4.78 is 47.8. The highest BCUT2D eigenvalue weighted by atomic mass is 32.1. The molecule has 1 fully saturated rings. The number of thiazole rings is 1. The summed E-state index contributed by atoms with van der Waals surface area (Å²) in [6.07, 6.45) is -3.37. The highest BCUT2D eigenvalue weighted by Crippen LogP contribution is 2.32. The van der Waals surface area contributed by atoms with Crippen LogP contribution in [0.15, 0.2) is 29.8 Å². The predicted molar refractivity (Wildman–Crippen MR) is 118 cm³/mol. The molecule has 0 spiro atoms. The Labute approximate surface area is 198 Å². The van der Waals surface area contributed by atoms with Crippen molar-refractivity contribution in [2.24, 2.45) is 0 Å². The zero-order valence-corrected chi connectivity index (χ0v) is 18.9. The number of rotatable bonds is 7. The van der Waals surface area contributed by atoms with E-state index in [-0.39, 0.29) is 22.9 Å². The Morgan fingerprint density at radius 3 is 2.65 bits per heavy atom. The fourth-order valence-corrected chi connectivity index (χ4v) is 4.41. The number of hydrogen-bond donors (Lipinski definition) is 2. The molecule has 0 bridgehead atoms. The topological polar surface area (TPSA) is 119 Å². The summed E-state index contributed by atoms with van der Waals surface area (Å²) in [7, 11) is 0. The maximum absolute atomic E-state index is 12.8. The van der Waals surface area contributed by atoms with Gasteiger partial charge in [-0.15, -0.1) is 34.7 Å². The van der Waals surface area contributed by atoms with Crippen LogP contribution in [0.4, 0.5) is 24.0 Å². The first-order valence-electron chi connectivity index (χ1n) is 9.81. The molecule has 2 amide bonds. The van der Waals surface area contributed by atoms with Crippen LogP contribution in [0.5, 0.6) is 5.75 Å². The molecule has 0 aliphatic carbocycles. The molecule has 0 atom stereocenters. The zero-order valence-electron chi connectivity index (χ0n) is 17.3. The number of anilines is 2. The number of aromatic nitrogens is 3. The summed E-state index contributed by atoms with van der Waals surface area (Å²) in [6, 6.07) is 3.22. The second-order valence-electron chi connectivity index (χ2n) is 6.90. The van der Waals surface area contributed by atoms with E-state index in [0.717, 1.165) is 29.5 Å². The number of carbonyl (C=O) groups excluding carboxylic acids is 2. The molecule has 0 radical (unpaired) electrons. The average molecular weight is 515 g/mol. The number of morpholine rings is 1. The van der Waals surface area contributed by atoms with Gasteiger partial charge >= 0.3 is 6.36 Å². The highest BCUT2D eigenvalue weighted by Gasteiger charge is 2.32. The minimum atomic E-state index is -4.98. The maximum Gasteiger partial charge on any atom is 0.573 e. The molecule has 1 saturated heterocycles. The van der Waals surface area contributed by atoms with Crippen molar-refractivity contribution in [3.63, 3.8) is 0 Å².